The minimum absolute atomic E-state index is 0.124. The standard InChI is InChI=1S/C15H14ClFN2O4S/c1-23-9-15(20)18-11-3-2-4-12(8-11)19-24(21,22)14-6-5-10(17)7-13(14)16/h2-8,19H,9H2,1H3,(H,18,20). The Morgan fingerprint density at radius 3 is 2.58 bits per heavy atom. The van der Waals surface area contributed by atoms with E-state index in [1.54, 1.807) is 12.1 Å². The molecule has 0 aliphatic rings. The number of nitrogens with one attached hydrogen (secondary N) is 2. The number of rotatable bonds is 6. The first-order valence-electron chi connectivity index (χ1n) is 6.68. The zero-order valence-corrected chi connectivity index (χ0v) is 14.1. The molecule has 0 fully saturated rings. The maximum atomic E-state index is 13.0. The van der Waals surface area contributed by atoms with Gasteiger partial charge in [0, 0.05) is 12.8 Å². The molecule has 0 spiro atoms. The van der Waals surface area contributed by atoms with Crippen molar-refractivity contribution in [2.24, 2.45) is 0 Å². The van der Waals surface area contributed by atoms with Gasteiger partial charge < -0.3 is 10.1 Å². The zero-order valence-electron chi connectivity index (χ0n) is 12.5. The van der Waals surface area contributed by atoms with Crippen LogP contribution in [0.3, 0.4) is 0 Å². The van der Waals surface area contributed by atoms with Crippen LogP contribution in [0.25, 0.3) is 0 Å². The van der Waals surface area contributed by atoms with Crippen LogP contribution in [0.5, 0.6) is 0 Å². The van der Waals surface area contributed by atoms with Crippen molar-refractivity contribution in [2.45, 2.75) is 4.90 Å². The second-order valence-corrected chi connectivity index (χ2v) is 6.80. The van der Waals surface area contributed by atoms with Gasteiger partial charge in [0.25, 0.3) is 10.0 Å². The number of sulfonamides is 1. The molecule has 0 bridgehead atoms. The quantitative estimate of drug-likeness (QED) is 0.816. The van der Waals surface area contributed by atoms with Gasteiger partial charge in [-0.15, -0.1) is 0 Å². The molecule has 0 heterocycles. The van der Waals surface area contributed by atoms with Crippen LogP contribution in [0, 0.1) is 5.82 Å². The lowest BCUT2D eigenvalue weighted by molar-refractivity contribution is -0.119. The Hall–Kier alpha value is -2.16. The lowest BCUT2D eigenvalue weighted by atomic mass is 10.3. The van der Waals surface area contributed by atoms with Gasteiger partial charge in [-0.2, -0.15) is 0 Å². The Morgan fingerprint density at radius 2 is 1.92 bits per heavy atom. The SMILES string of the molecule is COCC(=O)Nc1cccc(NS(=O)(=O)c2ccc(F)cc2Cl)c1. The van der Waals surface area contributed by atoms with Crippen molar-refractivity contribution in [3.63, 3.8) is 0 Å². The van der Waals surface area contributed by atoms with Crippen LogP contribution in [0.4, 0.5) is 15.8 Å². The summed E-state index contributed by atoms with van der Waals surface area (Å²) < 4.78 is 44.8. The maximum absolute atomic E-state index is 13.0. The van der Waals surface area contributed by atoms with E-state index in [1.165, 1.54) is 19.2 Å². The summed E-state index contributed by atoms with van der Waals surface area (Å²) in [7, 11) is -2.62. The van der Waals surface area contributed by atoms with E-state index in [0.29, 0.717) is 5.69 Å². The van der Waals surface area contributed by atoms with E-state index >= 15 is 0 Å². The molecule has 128 valence electrons. The van der Waals surface area contributed by atoms with Crippen LogP contribution in [-0.4, -0.2) is 28.0 Å². The third kappa shape index (κ3) is 4.67. The fraction of sp³-hybridized carbons (Fsp3) is 0.133. The highest BCUT2D eigenvalue weighted by atomic mass is 35.5. The minimum Gasteiger partial charge on any atom is -0.375 e. The second-order valence-electron chi connectivity index (χ2n) is 4.74. The molecule has 2 aromatic rings. The fourth-order valence-electron chi connectivity index (χ4n) is 1.89. The van der Waals surface area contributed by atoms with Crippen molar-refractivity contribution in [1.29, 1.82) is 0 Å². The fourth-order valence-corrected chi connectivity index (χ4v) is 3.47. The Balaban J connectivity index is 2.22. The molecule has 0 aromatic heterocycles. The number of carbonyl (C=O) groups is 1. The number of amides is 1. The number of hydrogen-bond acceptors (Lipinski definition) is 4. The summed E-state index contributed by atoms with van der Waals surface area (Å²) in [5.74, 6) is -1.01. The number of halogens is 2. The number of hydrogen-bond donors (Lipinski definition) is 2. The van der Waals surface area contributed by atoms with Crippen LogP contribution < -0.4 is 10.0 Å². The molecule has 0 radical (unpaired) electrons. The van der Waals surface area contributed by atoms with Crippen molar-refractivity contribution < 1.29 is 22.3 Å². The summed E-state index contributed by atoms with van der Waals surface area (Å²) in [6, 6.07) is 9.08. The average Bonchev–Trinajstić information content (AvgIpc) is 2.46. The molecule has 2 N–H and O–H groups in total. The second kappa shape index (κ2) is 7.61. The van der Waals surface area contributed by atoms with Crippen molar-refractivity contribution >= 4 is 38.9 Å². The first kappa shape index (κ1) is 18.2. The third-order valence-electron chi connectivity index (χ3n) is 2.86. The zero-order chi connectivity index (χ0) is 17.7. The lowest BCUT2D eigenvalue weighted by Crippen LogP contribution is -2.17. The molecular weight excluding hydrogens is 359 g/mol. The smallest absolute Gasteiger partial charge is 0.263 e. The molecule has 2 rings (SSSR count). The van der Waals surface area contributed by atoms with E-state index in [2.05, 4.69) is 10.0 Å². The molecule has 2 aromatic carbocycles. The van der Waals surface area contributed by atoms with Gasteiger partial charge in [-0.25, -0.2) is 12.8 Å². The lowest BCUT2D eigenvalue weighted by Gasteiger charge is -2.11. The minimum atomic E-state index is -4.00. The monoisotopic (exact) mass is 372 g/mol. The first-order valence-corrected chi connectivity index (χ1v) is 8.54. The van der Waals surface area contributed by atoms with Gasteiger partial charge >= 0.3 is 0 Å². The molecule has 0 atom stereocenters. The van der Waals surface area contributed by atoms with E-state index in [-0.39, 0.29) is 28.1 Å². The molecule has 0 aliphatic heterocycles. The maximum Gasteiger partial charge on any atom is 0.263 e. The Morgan fingerprint density at radius 1 is 1.21 bits per heavy atom. The average molecular weight is 373 g/mol. The summed E-state index contributed by atoms with van der Waals surface area (Å²) in [5.41, 5.74) is 0.605. The number of carbonyl (C=O) groups excluding carboxylic acids is 1. The predicted octanol–water partition coefficient (Wildman–Crippen LogP) is 2.86. The van der Waals surface area contributed by atoms with Crippen LogP contribution in [0.1, 0.15) is 0 Å². The predicted molar refractivity (Wildman–Crippen MR) is 89.2 cm³/mol. The van der Waals surface area contributed by atoms with Gasteiger partial charge in [-0.05, 0) is 36.4 Å². The van der Waals surface area contributed by atoms with Crippen molar-refractivity contribution in [2.75, 3.05) is 23.8 Å². The van der Waals surface area contributed by atoms with E-state index < -0.39 is 15.8 Å². The highest BCUT2D eigenvalue weighted by Crippen LogP contribution is 2.25. The third-order valence-corrected chi connectivity index (χ3v) is 4.72. The summed E-state index contributed by atoms with van der Waals surface area (Å²) in [6.07, 6.45) is 0. The number of ether oxygens (including phenoxy) is 1. The highest BCUT2D eigenvalue weighted by Gasteiger charge is 2.18. The van der Waals surface area contributed by atoms with Crippen molar-refractivity contribution in [3.8, 4) is 0 Å². The largest absolute Gasteiger partial charge is 0.375 e. The number of anilines is 2. The van der Waals surface area contributed by atoms with Crippen molar-refractivity contribution in [3.05, 3.63) is 53.3 Å². The van der Waals surface area contributed by atoms with Gasteiger partial charge in [-0.1, -0.05) is 17.7 Å². The van der Waals surface area contributed by atoms with Crippen LogP contribution >= 0.6 is 11.6 Å². The number of benzene rings is 2. The normalized spacial score (nSPS) is 11.1. The molecule has 9 heteroatoms. The van der Waals surface area contributed by atoms with Crippen LogP contribution in [0.15, 0.2) is 47.4 Å². The Bertz CT molecular complexity index is 858. The molecule has 6 nitrogen and oxygen atoms in total. The highest BCUT2D eigenvalue weighted by molar-refractivity contribution is 7.92. The van der Waals surface area contributed by atoms with E-state index in [1.807, 2.05) is 0 Å². The van der Waals surface area contributed by atoms with Gasteiger partial charge in [0.15, 0.2) is 0 Å². The van der Waals surface area contributed by atoms with E-state index in [4.69, 9.17) is 16.3 Å². The van der Waals surface area contributed by atoms with Gasteiger partial charge in [0.1, 0.15) is 17.3 Å². The van der Waals surface area contributed by atoms with Crippen LogP contribution in [0.2, 0.25) is 5.02 Å². The van der Waals surface area contributed by atoms with Crippen LogP contribution in [-0.2, 0) is 19.6 Å². The Kier molecular flexibility index (Phi) is 5.76. The molecule has 24 heavy (non-hydrogen) atoms. The van der Waals surface area contributed by atoms with E-state index in [9.17, 15) is 17.6 Å². The van der Waals surface area contributed by atoms with Gasteiger partial charge in [0.05, 0.1) is 10.7 Å². The number of methoxy groups -OCH3 is 1. The topological polar surface area (TPSA) is 84.5 Å². The summed E-state index contributed by atoms with van der Waals surface area (Å²) >= 11 is 5.79. The molecule has 0 unspecified atom stereocenters. The molecule has 0 saturated heterocycles. The van der Waals surface area contributed by atoms with Gasteiger partial charge in [0.2, 0.25) is 5.91 Å². The molecule has 1 amide bonds. The van der Waals surface area contributed by atoms with Gasteiger partial charge in [-0.3, -0.25) is 9.52 Å². The molecular formula is C15H14ClFN2O4S. The molecule has 0 saturated carbocycles. The van der Waals surface area contributed by atoms with Crippen molar-refractivity contribution in [1.82, 2.24) is 0 Å². The van der Waals surface area contributed by atoms with E-state index in [0.717, 1.165) is 18.2 Å². The summed E-state index contributed by atoms with van der Waals surface area (Å²) in [5, 5.41) is 2.32. The summed E-state index contributed by atoms with van der Waals surface area (Å²) in [4.78, 5) is 11.2. The first-order chi connectivity index (χ1) is 11.3. The Labute approximate surface area is 143 Å². The summed E-state index contributed by atoms with van der Waals surface area (Å²) in [6.45, 7) is -0.124. The molecule has 0 aliphatic carbocycles.